The van der Waals surface area contributed by atoms with Crippen LogP contribution in [0.15, 0.2) is 18.2 Å². The van der Waals surface area contributed by atoms with Crippen molar-refractivity contribution < 1.29 is 9.47 Å². The van der Waals surface area contributed by atoms with E-state index >= 15 is 0 Å². The topological polar surface area (TPSA) is 44.5 Å². The number of ether oxygens (including phenoxy) is 2. The van der Waals surface area contributed by atoms with Crippen molar-refractivity contribution in [3.63, 3.8) is 0 Å². The SMILES string of the molecule is COc1ccc2c(c1)C(N)(CCCC1CCCO1)CCC2. The Morgan fingerprint density at radius 2 is 2.29 bits per heavy atom. The number of methoxy groups -OCH3 is 1. The molecule has 2 unspecified atom stereocenters. The molecule has 1 heterocycles. The molecule has 1 fully saturated rings. The second kappa shape index (κ2) is 6.37. The summed E-state index contributed by atoms with van der Waals surface area (Å²) >= 11 is 0. The van der Waals surface area contributed by atoms with Gasteiger partial charge in [-0.15, -0.1) is 0 Å². The number of hydrogen-bond acceptors (Lipinski definition) is 3. The van der Waals surface area contributed by atoms with Crippen LogP contribution in [0.25, 0.3) is 0 Å². The molecule has 2 N–H and O–H groups in total. The predicted molar refractivity (Wildman–Crippen MR) is 84.6 cm³/mol. The third-order valence-corrected chi connectivity index (χ3v) is 5.10. The summed E-state index contributed by atoms with van der Waals surface area (Å²) in [6.07, 6.45) is 9.68. The van der Waals surface area contributed by atoms with Crippen LogP contribution in [-0.4, -0.2) is 19.8 Å². The minimum atomic E-state index is -0.180. The number of benzene rings is 1. The lowest BCUT2D eigenvalue weighted by atomic mass is 9.74. The van der Waals surface area contributed by atoms with E-state index in [1.165, 1.54) is 30.4 Å². The van der Waals surface area contributed by atoms with Crippen LogP contribution in [0.4, 0.5) is 0 Å². The van der Waals surface area contributed by atoms with E-state index in [9.17, 15) is 0 Å². The summed E-state index contributed by atoms with van der Waals surface area (Å²) < 4.78 is 11.1. The van der Waals surface area contributed by atoms with Crippen LogP contribution in [0.2, 0.25) is 0 Å². The maximum absolute atomic E-state index is 6.78. The second-order valence-electron chi connectivity index (χ2n) is 6.56. The van der Waals surface area contributed by atoms with Crippen molar-refractivity contribution in [1.82, 2.24) is 0 Å². The summed E-state index contributed by atoms with van der Waals surface area (Å²) in [6, 6.07) is 6.40. The van der Waals surface area contributed by atoms with Gasteiger partial charge in [0, 0.05) is 12.1 Å². The van der Waals surface area contributed by atoms with Crippen molar-refractivity contribution in [2.75, 3.05) is 13.7 Å². The van der Waals surface area contributed by atoms with Gasteiger partial charge in [-0.25, -0.2) is 0 Å². The quantitative estimate of drug-likeness (QED) is 0.901. The Labute approximate surface area is 127 Å². The molecule has 1 aliphatic heterocycles. The number of hydrogen-bond donors (Lipinski definition) is 1. The van der Waals surface area contributed by atoms with Gasteiger partial charge in [0.25, 0.3) is 0 Å². The first kappa shape index (κ1) is 14.9. The van der Waals surface area contributed by atoms with Crippen LogP contribution in [0.3, 0.4) is 0 Å². The average Bonchev–Trinajstić information content (AvgIpc) is 3.01. The van der Waals surface area contributed by atoms with Gasteiger partial charge in [0.2, 0.25) is 0 Å². The van der Waals surface area contributed by atoms with E-state index in [-0.39, 0.29) is 5.54 Å². The molecular formula is C18H27NO2. The molecule has 1 aromatic carbocycles. The highest BCUT2D eigenvalue weighted by Gasteiger charge is 2.32. The fourth-order valence-corrected chi connectivity index (χ4v) is 3.87. The molecule has 1 aliphatic carbocycles. The first-order valence-electron chi connectivity index (χ1n) is 8.29. The lowest BCUT2D eigenvalue weighted by Crippen LogP contribution is -2.40. The Bertz CT molecular complexity index is 482. The van der Waals surface area contributed by atoms with Gasteiger partial charge in [-0.1, -0.05) is 6.07 Å². The van der Waals surface area contributed by atoms with Crippen LogP contribution in [0, 0.1) is 0 Å². The Balaban J connectivity index is 1.69. The summed E-state index contributed by atoms with van der Waals surface area (Å²) in [5.74, 6) is 0.921. The Morgan fingerprint density at radius 3 is 3.05 bits per heavy atom. The third kappa shape index (κ3) is 3.24. The summed E-state index contributed by atoms with van der Waals surface area (Å²) in [4.78, 5) is 0. The molecule has 0 bridgehead atoms. The monoisotopic (exact) mass is 289 g/mol. The number of nitrogens with two attached hydrogens (primary N) is 1. The third-order valence-electron chi connectivity index (χ3n) is 5.10. The molecule has 0 spiro atoms. The zero-order valence-corrected chi connectivity index (χ0v) is 13.1. The lowest BCUT2D eigenvalue weighted by Gasteiger charge is -2.36. The van der Waals surface area contributed by atoms with Gasteiger partial charge in [0.15, 0.2) is 0 Å². The van der Waals surface area contributed by atoms with Crippen LogP contribution in [0.5, 0.6) is 5.75 Å². The highest BCUT2D eigenvalue weighted by molar-refractivity contribution is 5.41. The van der Waals surface area contributed by atoms with Gasteiger partial charge >= 0.3 is 0 Å². The van der Waals surface area contributed by atoms with E-state index in [4.69, 9.17) is 15.2 Å². The van der Waals surface area contributed by atoms with E-state index in [1.54, 1.807) is 7.11 Å². The first-order chi connectivity index (χ1) is 10.2. The van der Waals surface area contributed by atoms with E-state index in [0.717, 1.165) is 44.5 Å². The average molecular weight is 289 g/mol. The molecule has 2 aliphatic rings. The van der Waals surface area contributed by atoms with Crippen LogP contribution in [0.1, 0.15) is 56.1 Å². The largest absolute Gasteiger partial charge is 0.497 e. The van der Waals surface area contributed by atoms with Crippen molar-refractivity contribution in [2.45, 2.75) is 63.0 Å². The van der Waals surface area contributed by atoms with Crippen LogP contribution in [-0.2, 0) is 16.7 Å². The molecule has 0 amide bonds. The minimum absolute atomic E-state index is 0.180. The van der Waals surface area contributed by atoms with Gasteiger partial charge in [0.05, 0.1) is 13.2 Å². The second-order valence-corrected chi connectivity index (χ2v) is 6.56. The first-order valence-corrected chi connectivity index (χ1v) is 8.29. The standard InChI is InChI=1S/C18H27NO2/c1-20-16-9-8-14-5-2-10-18(19,17(14)13-16)11-3-6-15-7-4-12-21-15/h8-9,13,15H,2-7,10-12,19H2,1H3. The molecule has 0 saturated carbocycles. The number of aryl methyl sites for hydroxylation is 1. The van der Waals surface area contributed by atoms with Crippen LogP contribution >= 0.6 is 0 Å². The molecule has 21 heavy (non-hydrogen) atoms. The number of fused-ring (bicyclic) bond motifs is 1. The highest BCUT2D eigenvalue weighted by atomic mass is 16.5. The van der Waals surface area contributed by atoms with Gasteiger partial charge < -0.3 is 15.2 Å². The van der Waals surface area contributed by atoms with Gasteiger partial charge in [-0.05, 0) is 74.6 Å². The van der Waals surface area contributed by atoms with Crippen molar-refractivity contribution in [2.24, 2.45) is 5.73 Å². The summed E-state index contributed by atoms with van der Waals surface area (Å²) in [7, 11) is 1.72. The minimum Gasteiger partial charge on any atom is -0.497 e. The zero-order chi connectivity index (χ0) is 14.7. The summed E-state index contributed by atoms with van der Waals surface area (Å²) in [5.41, 5.74) is 9.31. The molecule has 1 aromatic rings. The van der Waals surface area contributed by atoms with E-state index in [2.05, 4.69) is 18.2 Å². The van der Waals surface area contributed by atoms with Crippen molar-refractivity contribution in [3.8, 4) is 5.75 Å². The zero-order valence-electron chi connectivity index (χ0n) is 13.1. The van der Waals surface area contributed by atoms with Crippen molar-refractivity contribution in [3.05, 3.63) is 29.3 Å². The molecule has 116 valence electrons. The maximum atomic E-state index is 6.78. The maximum Gasteiger partial charge on any atom is 0.119 e. The molecule has 3 nitrogen and oxygen atoms in total. The van der Waals surface area contributed by atoms with Gasteiger partial charge in [-0.2, -0.15) is 0 Å². The van der Waals surface area contributed by atoms with Gasteiger partial charge in [0.1, 0.15) is 5.75 Å². The normalized spacial score (nSPS) is 28.4. The molecular weight excluding hydrogens is 262 g/mol. The molecule has 2 atom stereocenters. The van der Waals surface area contributed by atoms with Crippen molar-refractivity contribution in [1.29, 1.82) is 0 Å². The van der Waals surface area contributed by atoms with Gasteiger partial charge in [-0.3, -0.25) is 0 Å². The molecule has 0 radical (unpaired) electrons. The Morgan fingerprint density at radius 1 is 1.38 bits per heavy atom. The molecule has 3 heteroatoms. The molecule has 3 rings (SSSR count). The Kier molecular flexibility index (Phi) is 4.51. The smallest absolute Gasteiger partial charge is 0.119 e. The fraction of sp³-hybridized carbons (Fsp3) is 0.667. The summed E-state index contributed by atoms with van der Waals surface area (Å²) in [6.45, 7) is 0.943. The Hall–Kier alpha value is -1.06. The molecule has 1 saturated heterocycles. The molecule has 0 aromatic heterocycles. The lowest BCUT2D eigenvalue weighted by molar-refractivity contribution is 0.0995. The summed E-state index contributed by atoms with van der Waals surface area (Å²) in [5, 5.41) is 0. The highest BCUT2D eigenvalue weighted by Crippen LogP contribution is 2.39. The van der Waals surface area contributed by atoms with Crippen LogP contribution < -0.4 is 10.5 Å². The van der Waals surface area contributed by atoms with E-state index in [1.807, 2.05) is 0 Å². The fourth-order valence-electron chi connectivity index (χ4n) is 3.87. The van der Waals surface area contributed by atoms with Crippen molar-refractivity contribution >= 4 is 0 Å². The number of rotatable bonds is 5. The van der Waals surface area contributed by atoms with E-state index < -0.39 is 0 Å². The predicted octanol–water partition coefficient (Wildman–Crippen LogP) is 3.53. The van der Waals surface area contributed by atoms with E-state index in [0.29, 0.717) is 6.10 Å².